The zero-order valence-corrected chi connectivity index (χ0v) is 6.52. The molecule has 58 valence electrons. The Labute approximate surface area is 62.0 Å². The smallest absolute Gasteiger partial charge is 0.120 e. The van der Waals surface area contributed by atoms with Gasteiger partial charge in [0.05, 0.1) is 0 Å². The van der Waals surface area contributed by atoms with Gasteiger partial charge in [0.25, 0.3) is 0 Å². The maximum absolute atomic E-state index is 10.3. The largest absolute Gasteiger partial charge is 0.317 e. The van der Waals surface area contributed by atoms with Crippen molar-refractivity contribution in [2.24, 2.45) is 5.41 Å². The Bertz CT molecular complexity index is 116. The van der Waals surface area contributed by atoms with Crippen molar-refractivity contribution < 1.29 is 4.79 Å². The van der Waals surface area contributed by atoms with Gasteiger partial charge in [-0.3, -0.25) is 0 Å². The van der Waals surface area contributed by atoms with Crippen LogP contribution >= 0.6 is 0 Å². The van der Waals surface area contributed by atoms with Crippen molar-refractivity contribution in [3.63, 3.8) is 0 Å². The topological polar surface area (TPSA) is 29.1 Å². The van der Waals surface area contributed by atoms with Gasteiger partial charge < -0.3 is 10.1 Å². The first kappa shape index (κ1) is 7.73. The van der Waals surface area contributed by atoms with Crippen molar-refractivity contribution >= 4 is 6.29 Å². The lowest BCUT2D eigenvalue weighted by atomic mass is 9.79. The summed E-state index contributed by atoms with van der Waals surface area (Å²) in [6, 6.07) is 0. The number of hydrogen-bond acceptors (Lipinski definition) is 2. The standard InChI is InChI=1S/C8H15NO/c1-8(4-7-10)2-5-9-6-3-8/h7,9H,2-6H2,1H3. The minimum atomic E-state index is 0.299. The van der Waals surface area contributed by atoms with Crippen molar-refractivity contribution in [1.82, 2.24) is 5.32 Å². The van der Waals surface area contributed by atoms with Gasteiger partial charge in [-0.2, -0.15) is 0 Å². The summed E-state index contributed by atoms with van der Waals surface area (Å²) in [6.45, 7) is 4.34. The number of nitrogens with one attached hydrogen (secondary N) is 1. The van der Waals surface area contributed by atoms with Crippen molar-refractivity contribution in [3.05, 3.63) is 0 Å². The van der Waals surface area contributed by atoms with Crippen LogP contribution in [0, 0.1) is 5.41 Å². The molecule has 0 bridgehead atoms. The number of carbonyl (C=O) groups is 1. The minimum Gasteiger partial charge on any atom is -0.317 e. The van der Waals surface area contributed by atoms with Gasteiger partial charge in [-0.1, -0.05) is 6.92 Å². The van der Waals surface area contributed by atoms with Gasteiger partial charge in [-0.05, 0) is 31.3 Å². The molecule has 0 aromatic carbocycles. The van der Waals surface area contributed by atoms with Crippen LogP contribution in [-0.4, -0.2) is 19.4 Å². The molecule has 0 amide bonds. The minimum absolute atomic E-state index is 0.299. The van der Waals surface area contributed by atoms with Gasteiger partial charge in [0.1, 0.15) is 6.29 Å². The molecule has 2 heteroatoms. The summed E-state index contributed by atoms with van der Waals surface area (Å²) in [5, 5.41) is 3.28. The Balaban J connectivity index is 2.39. The summed E-state index contributed by atoms with van der Waals surface area (Å²) < 4.78 is 0. The molecule has 1 heterocycles. The van der Waals surface area contributed by atoms with Crippen LogP contribution in [0.25, 0.3) is 0 Å². The van der Waals surface area contributed by atoms with Crippen LogP contribution in [-0.2, 0) is 4.79 Å². The molecule has 0 aliphatic carbocycles. The number of carbonyl (C=O) groups excluding carboxylic acids is 1. The van der Waals surface area contributed by atoms with E-state index < -0.39 is 0 Å². The molecule has 0 unspecified atom stereocenters. The number of aldehydes is 1. The van der Waals surface area contributed by atoms with E-state index >= 15 is 0 Å². The first-order valence-corrected chi connectivity index (χ1v) is 3.91. The highest BCUT2D eigenvalue weighted by atomic mass is 16.1. The summed E-state index contributed by atoms with van der Waals surface area (Å²) in [4.78, 5) is 10.3. The van der Waals surface area contributed by atoms with Gasteiger partial charge >= 0.3 is 0 Å². The molecule has 0 saturated carbocycles. The lowest BCUT2D eigenvalue weighted by Gasteiger charge is -2.32. The highest BCUT2D eigenvalue weighted by molar-refractivity contribution is 5.50. The second-order valence-corrected chi connectivity index (χ2v) is 3.43. The van der Waals surface area contributed by atoms with Crippen molar-refractivity contribution in [1.29, 1.82) is 0 Å². The van der Waals surface area contributed by atoms with Gasteiger partial charge in [0.2, 0.25) is 0 Å². The third-order valence-corrected chi connectivity index (χ3v) is 2.39. The maximum atomic E-state index is 10.3. The summed E-state index contributed by atoms with van der Waals surface area (Å²) in [6.07, 6.45) is 4.07. The van der Waals surface area contributed by atoms with Crippen LogP contribution in [0.5, 0.6) is 0 Å². The third-order valence-electron chi connectivity index (χ3n) is 2.39. The molecule has 2 nitrogen and oxygen atoms in total. The molecule has 1 saturated heterocycles. The van der Waals surface area contributed by atoms with Crippen LogP contribution in [0.1, 0.15) is 26.2 Å². The molecule has 0 aromatic heterocycles. The van der Waals surface area contributed by atoms with E-state index in [2.05, 4.69) is 12.2 Å². The molecule has 10 heavy (non-hydrogen) atoms. The molecule has 0 aromatic rings. The fourth-order valence-electron chi connectivity index (χ4n) is 1.44. The van der Waals surface area contributed by atoms with E-state index in [0.29, 0.717) is 5.41 Å². The number of piperidine rings is 1. The van der Waals surface area contributed by atoms with Gasteiger partial charge in [-0.15, -0.1) is 0 Å². The monoisotopic (exact) mass is 141 g/mol. The van der Waals surface area contributed by atoms with Gasteiger partial charge in [0, 0.05) is 6.42 Å². The third kappa shape index (κ3) is 1.81. The molecule has 1 N–H and O–H groups in total. The van der Waals surface area contributed by atoms with Gasteiger partial charge in [0.15, 0.2) is 0 Å². The predicted molar refractivity (Wildman–Crippen MR) is 40.9 cm³/mol. The Morgan fingerprint density at radius 2 is 2.10 bits per heavy atom. The van der Waals surface area contributed by atoms with Crippen LogP contribution in [0.15, 0.2) is 0 Å². The fraction of sp³-hybridized carbons (Fsp3) is 0.875. The van der Waals surface area contributed by atoms with Crippen LogP contribution in [0.4, 0.5) is 0 Å². The van der Waals surface area contributed by atoms with E-state index in [4.69, 9.17) is 0 Å². The summed E-state index contributed by atoms with van der Waals surface area (Å²) in [5.41, 5.74) is 0.299. The number of hydrogen-bond donors (Lipinski definition) is 1. The van der Waals surface area contributed by atoms with Crippen molar-refractivity contribution in [2.75, 3.05) is 13.1 Å². The van der Waals surface area contributed by atoms with Crippen LogP contribution < -0.4 is 5.32 Å². The Hall–Kier alpha value is -0.370. The Morgan fingerprint density at radius 1 is 1.50 bits per heavy atom. The van der Waals surface area contributed by atoms with Crippen molar-refractivity contribution in [3.8, 4) is 0 Å². The van der Waals surface area contributed by atoms with E-state index in [-0.39, 0.29) is 0 Å². The molecule has 0 radical (unpaired) electrons. The zero-order chi connectivity index (χ0) is 7.45. The first-order chi connectivity index (χ1) is 4.77. The molecule has 1 aliphatic rings. The number of rotatable bonds is 2. The second-order valence-electron chi connectivity index (χ2n) is 3.43. The summed E-state index contributed by atoms with van der Waals surface area (Å²) in [5.74, 6) is 0. The Kier molecular flexibility index (Phi) is 2.44. The summed E-state index contributed by atoms with van der Waals surface area (Å²) in [7, 11) is 0. The quantitative estimate of drug-likeness (QED) is 0.580. The molecule has 1 fully saturated rings. The van der Waals surface area contributed by atoms with Crippen LogP contribution in [0.2, 0.25) is 0 Å². The van der Waals surface area contributed by atoms with Gasteiger partial charge in [-0.25, -0.2) is 0 Å². The van der Waals surface area contributed by atoms with Crippen molar-refractivity contribution in [2.45, 2.75) is 26.2 Å². The molecular weight excluding hydrogens is 126 g/mol. The van der Waals surface area contributed by atoms with Crippen LogP contribution in [0.3, 0.4) is 0 Å². The van der Waals surface area contributed by atoms with E-state index in [0.717, 1.165) is 38.6 Å². The van der Waals surface area contributed by atoms with E-state index in [1.54, 1.807) is 0 Å². The Morgan fingerprint density at radius 3 is 2.60 bits per heavy atom. The second kappa shape index (κ2) is 3.15. The first-order valence-electron chi connectivity index (χ1n) is 3.91. The normalized spacial score (nSPS) is 24.1. The lowest BCUT2D eigenvalue weighted by Crippen LogP contribution is -2.34. The highest BCUT2D eigenvalue weighted by Crippen LogP contribution is 2.30. The summed E-state index contributed by atoms with van der Waals surface area (Å²) >= 11 is 0. The SMILES string of the molecule is CC1(CC=O)CCNCC1. The fourth-order valence-corrected chi connectivity index (χ4v) is 1.44. The maximum Gasteiger partial charge on any atom is 0.120 e. The van der Waals surface area contributed by atoms with E-state index in [1.807, 2.05) is 0 Å². The highest BCUT2D eigenvalue weighted by Gasteiger charge is 2.25. The van der Waals surface area contributed by atoms with E-state index in [1.165, 1.54) is 0 Å². The molecule has 0 spiro atoms. The predicted octanol–water partition coefficient (Wildman–Crippen LogP) is 0.965. The molecular formula is C8H15NO. The zero-order valence-electron chi connectivity index (χ0n) is 6.52. The average molecular weight is 141 g/mol. The lowest BCUT2D eigenvalue weighted by molar-refractivity contribution is -0.110. The molecule has 0 atom stereocenters. The molecule has 1 aliphatic heterocycles. The molecule has 1 rings (SSSR count). The average Bonchev–Trinajstić information content (AvgIpc) is 1.89. The van der Waals surface area contributed by atoms with E-state index in [9.17, 15) is 4.79 Å².